The third-order valence-electron chi connectivity index (χ3n) is 5.20. The van der Waals surface area contributed by atoms with Crippen LogP contribution in [0.2, 0.25) is 0 Å². The van der Waals surface area contributed by atoms with E-state index in [-0.39, 0.29) is 11.5 Å². The number of halogens is 2. The zero-order valence-electron chi connectivity index (χ0n) is 19.1. The highest BCUT2D eigenvalue weighted by molar-refractivity contribution is 5.78. The Morgan fingerprint density at radius 2 is 1.97 bits per heavy atom. The molecule has 0 amide bonds. The fourth-order valence-corrected chi connectivity index (χ4v) is 3.53. The smallest absolute Gasteiger partial charge is 0.200 e. The van der Waals surface area contributed by atoms with E-state index < -0.39 is 11.6 Å². The van der Waals surface area contributed by atoms with Crippen LogP contribution in [0.4, 0.5) is 20.3 Å². The molecule has 34 heavy (non-hydrogen) atoms. The minimum atomic E-state index is -0.509. The van der Waals surface area contributed by atoms with Crippen molar-refractivity contribution < 1.29 is 8.78 Å². The van der Waals surface area contributed by atoms with Crippen molar-refractivity contribution in [2.24, 2.45) is 0 Å². The number of aromatic nitrogens is 5. The Morgan fingerprint density at radius 1 is 1.09 bits per heavy atom. The molecule has 4 heterocycles. The average Bonchev–Trinajstić information content (AvgIpc) is 3.24. The van der Waals surface area contributed by atoms with Gasteiger partial charge in [0.15, 0.2) is 11.6 Å². The summed E-state index contributed by atoms with van der Waals surface area (Å²) in [5, 5.41) is 7.58. The highest BCUT2D eigenvalue weighted by Crippen LogP contribution is 2.27. The molecule has 0 aliphatic heterocycles. The Kier molecular flexibility index (Phi) is 7.40. The molecule has 0 unspecified atom stereocenters. The van der Waals surface area contributed by atoms with Crippen LogP contribution < -0.4 is 5.32 Å². The molecule has 0 fully saturated rings. The zero-order valence-corrected chi connectivity index (χ0v) is 19.1. The van der Waals surface area contributed by atoms with E-state index in [4.69, 9.17) is 0 Å². The number of nitrogens with zero attached hydrogens (tertiary/aromatic N) is 6. The summed E-state index contributed by atoms with van der Waals surface area (Å²) in [6.07, 6.45) is 7.92. The first-order valence-corrected chi connectivity index (χ1v) is 11.1. The highest BCUT2D eigenvalue weighted by atomic mass is 19.1. The maximum Gasteiger partial charge on any atom is 0.200 e. The van der Waals surface area contributed by atoms with Crippen molar-refractivity contribution in [3.63, 3.8) is 0 Å². The Bertz CT molecular complexity index is 1320. The normalized spacial score (nSPS) is 11.0. The Labute approximate surface area is 196 Å². The fraction of sp³-hybridized carbons (Fsp3) is 0.280. The predicted molar refractivity (Wildman–Crippen MR) is 128 cm³/mol. The molecule has 1 N–H and O–H groups in total. The Morgan fingerprint density at radius 3 is 2.74 bits per heavy atom. The molecule has 0 aliphatic carbocycles. The van der Waals surface area contributed by atoms with Gasteiger partial charge in [0.05, 0.1) is 18.1 Å². The second-order valence-electron chi connectivity index (χ2n) is 7.84. The topological polar surface area (TPSA) is 71.2 Å². The first kappa shape index (κ1) is 23.3. The van der Waals surface area contributed by atoms with E-state index in [0.717, 1.165) is 43.9 Å². The first-order valence-electron chi connectivity index (χ1n) is 11.1. The van der Waals surface area contributed by atoms with Crippen molar-refractivity contribution in [3.05, 3.63) is 66.3 Å². The third-order valence-corrected chi connectivity index (χ3v) is 5.20. The van der Waals surface area contributed by atoms with Gasteiger partial charge in [-0.1, -0.05) is 12.8 Å². The van der Waals surface area contributed by atoms with Gasteiger partial charge in [-0.15, -0.1) is 11.0 Å². The summed E-state index contributed by atoms with van der Waals surface area (Å²) >= 11 is 0. The molecule has 4 rings (SSSR count). The van der Waals surface area contributed by atoms with Crippen molar-refractivity contribution in [1.82, 2.24) is 29.5 Å². The monoisotopic (exact) mass is 461 g/mol. The lowest BCUT2D eigenvalue weighted by atomic mass is 10.2. The van der Waals surface area contributed by atoms with Crippen LogP contribution >= 0.6 is 0 Å². The number of rotatable bonds is 8. The van der Waals surface area contributed by atoms with E-state index in [1.165, 1.54) is 24.4 Å². The van der Waals surface area contributed by atoms with Gasteiger partial charge in [-0.25, -0.2) is 23.3 Å². The molecule has 7 nitrogen and oxygen atoms in total. The maximum absolute atomic E-state index is 14.3. The van der Waals surface area contributed by atoms with Crippen LogP contribution in [-0.4, -0.2) is 49.6 Å². The predicted octanol–water partition coefficient (Wildman–Crippen LogP) is 4.49. The van der Waals surface area contributed by atoms with E-state index in [1.807, 2.05) is 6.07 Å². The fourth-order valence-electron chi connectivity index (χ4n) is 3.53. The average molecular weight is 462 g/mol. The number of fused-ring (bicyclic) bond motifs is 1. The summed E-state index contributed by atoms with van der Waals surface area (Å²) in [6, 6.07) is 6.23. The molecule has 0 saturated heterocycles. The highest BCUT2D eigenvalue weighted by Gasteiger charge is 2.16. The summed E-state index contributed by atoms with van der Waals surface area (Å²) in [5.74, 6) is 6.15. The molecule has 0 bridgehead atoms. The molecule has 0 spiro atoms. The largest absolute Gasteiger partial charge is 0.336 e. The second kappa shape index (κ2) is 10.8. The molecular formula is C25H25F2N7. The number of nitrogens with one attached hydrogen (secondary N) is 1. The minimum absolute atomic E-state index is 0.228. The lowest BCUT2D eigenvalue weighted by Crippen LogP contribution is -2.19. The second-order valence-corrected chi connectivity index (χ2v) is 7.84. The summed E-state index contributed by atoms with van der Waals surface area (Å²) in [7, 11) is 2.09. The molecule has 0 saturated carbocycles. The van der Waals surface area contributed by atoms with Crippen molar-refractivity contribution in [3.8, 4) is 23.4 Å². The van der Waals surface area contributed by atoms with Gasteiger partial charge in [-0.05, 0) is 49.8 Å². The van der Waals surface area contributed by atoms with Gasteiger partial charge in [-0.3, -0.25) is 4.98 Å². The van der Waals surface area contributed by atoms with Gasteiger partial charge in [-0.2, -0.15) is 0 Å². The number of hydrogen-bond donors (Lipinski definition) is 1. The minimum Gasteiger partial charge on any atom is -0.336 e. The van der Waals surface area contributed by atoms with Gasteiger partial charge in [0.1, 0.15) is 17.0 Å². The van der Waals surface area contributed by atoms with Gasteiger partial charge in [0.2, 0.25) is 5.82 Å². The van der Waals surface area contributed by atoms with Gasteiger partial charge in [0.25, 0.3) is 0 Å². The van der Waals surface area contributed by atoms with E-state index in [9.17, 15) is 8.78 Å². The van der Waals surface area contributed by atoms with Crippen LogP contribution in [0.15, 0.2) is 49.1 Å². The van der Waals surface area contributed by atoms with Crippen LogP contribution in [0.1, 0.15) is 25.3 Å². The first-order chi connectivity index (χ1) is 16.5. The molecule has 4 aromatic rings. The maximum atomic E-state index is 14.3. The number of anilines is 2. The van der Waals surface area contributed by atoms with Crippen molar-refractivity contribution in [2.75, 3.05) is 25.5 Å². The molecule has 9 heteroatoms. The van der Waals surface area contributed by atoms with Crippen LogP contribution in [0.25, 0.3) is 17.0 Å². The van der Waals surface area contributed by atoms with E-state index >= 15 is 0 Å². The van der Waals surface area contributed by atoms with Crippen molar-refractivity contribution in [1.29, 1.82) is 0 Å². The molecular weight excluding hydrogens is 436 g/mol. The lowest BCUT2D eigenvalue weighted by molar-refractivity contribution is 0.343. The van der Waals surface area contributed by atoms with E-state index in [1.54, 1.807) is 10.7 Å². The molecule has 174 valence electrons. The summed E-state index contributed by atoms with van der Waals surface area (Å²) < 4.78 is 29.3. The van der Waals surface area contributed by atoms with Crippen LogP contribution in [0, 0.1) is 23.5 Å². The summed E-state index contributed by atoms with van der Waals surface area (Å²) in [4.78, 5) is 14.7. The molecule has 4 aromatic heterocycles. The zero-order chi connectivity index (χ0) is 23.9. The number of pyridine rings is 2. The molecule has 0 aliphatic rings. The quantitative estimate of drug-likeness (QED) is 0.390. The van der Waals surface area contributed by atoms with Gasteiger partial charge in [0, 0.05) is 31.8 Å². The van der Waals surface area contributed by atoms with Gasteiger partial charge < -0.3 is 10.2 Å². The van der Waals surface area contributed by atoms with Gasteiger partial charge >= 0.3 is 0 Å². The molecule has 0 atom stereocenters. The van der Waals surface area contributed by atoms with Crippen molar-refractivity contribution >= 4 is 17.0 Å². The molecule has 0 aromatic carbocycles. The summed E-state index contributed by atoms with van der Waals surface area (Å²) in [5.41, 5.74) is 2.21. The SMILES string of the molecule is CCCN(C)CCC#CCc1ccn2nc(-c3ccc(F)cn3)nc(Nc3ccncc3F)c12. The summed E-state index contributed by atoms with van der Waals surface area (Å²) in [6.45, 7) is 4.13. The number of hydrogen-bond acceptors (Lipinski definition) is 6. The Hall–Kier alpha value is -3.90. The molecule has 0 radical (unpaired) electrons. The van der Waals surface area contributed by atoms with Crippen LogP contribution in [0.3, 0.4) is 0 Å². The van der Waals surface area contributed by atoms with E-state index in [0.29, 0.717) is 23.4 Å². The van der Waals surface area contributed by atoms with E-state index in [2.05, 4.69) is 56.1 Å². The van der Waals surface area contributed by atoms with Crippen LogP contribution in [0.5, 0.6) is 0 Å². The third kappa shape index (κ3) is 5.53. The Balaban J connectivity index is 1.67. The van der Waals surface area contributed by atoms with Crippen LogP contribution in [-0.2, 0) is 6.42 Å². The lowest BCUT2D eigenvalue weighted by Gasteiger charge is -2.12. The van der Waals surface area contributed by atoms with Crippen molar-refractivity contribution in [2.45, 2.75) is 26.2 Å². The standard InChI is InChI=1S/C25H25F2N7/c1-3-13-33(2)14-6-4-5-7-18-11-15-34-23(18)25(30-21-10-12-28-17-20(21)27)31-24(32-34)22-9-8-19(26)16-29-22/h8-12,15-17H,3,6-7,13-14H2,1-2H3,(H,28,30,31,32).